The van der Waals surface area contributed by atoms with Crippen molar-refractivity contribution < 1.29 is 9.47 Å². The summed E-state index contributed by atoms with van der Waals surface area (Å²) in [6, 6.07) is 10.2. The molecule has 0 heterocycles. The van der Waals surface area contributed by atoms with E-state index >= 15 is 0 Å². The van der Waals surface area contributed by atoms with Gasteiger partial charge in [0.25, 0.3) is 0 Å². The van der Waals surface area contributed by atoms with E-state index in [1.54, 1.807) is 7.11 Å². The summed E-state index contributed by atoms with van der Waals surface area (Å²) in [6.45, 7) is 6.67. The molecule has 0 radical (unpaired) electrons. The Morgan fingerprint density at radius 3 is 2.54 bits per heavy atom. The number of ether oxygens (including phenoxy) is 2. The summed E-state index contributed by atoms with van der Waals surface area (Å²) in [5, 5.41) is 8.88. The van der Waals surface area contributed by atoms with Crippen LogP contribution < -0.4 is 4.74 Å². The van der Waals surface area contributed by atoms with Crippen LogP contribution in [0.3, 0.4) is 0 Å². The first-order valence-corrected chi connectivity index (χ1v) is 9.94. The van der Waals surface area contributed by atoms with Crippen molar-refractivity contribution in [2.24, 2.45) is 0 Å². The lowest BCUT2D eigenvalue weighted by Gasteiger charge is -2.18. The van der Waals surface area contributed by atoms with Crippen LogP contribution in [-0.2, 0) is 11.3 Å². The highest BCUT2D eigenvalue weighted by atomic mass is 16.5. The summed E-state index contributed by atoms with van der Waals surface area (Å²) in [6.07, 6.45) is 4.64. The first-order valence-electron chi connectivity index (χ1n) is 9.94. The van der Waals surface area contributed by atoms with Crippen molar-refractivity contribution in [1.29, 1.82) is 5.26 Å². The van der Waals surface area contributed by atoms with E-state index in [4.69, 9.17) is 14.7 Å². The van der Waals surface area contributed by atoms with Crippen molar-refractivity contribution >= 4 is 0 Å². The highest BCUT2D eigenvalue weighted by Crippen LogP contribution is 2.13. The Morgan fingerprint density at radius 1 is 1.07 bits per heavy atom. The highest BCUT2D eigenvalue weighted by molar-refractivity contribution is 5.27. The molecule has 1 unspecified atom stereocenters. The predicted molar refractivity (Wildman–Crippen MR) is 114 cm³/mol. The van der Waals surface area contributed by atoms with E-state index in [0.717, 1.165) is 31.6 Å². The summed E-state index contributed by atoms with van der Waals surface area (Å²) in [7, 11) is 1.66. The van der Waals surface area contributed by atoms with E-state index in [0.29, 0.717) is 26.1 Å². The first kappa shape index (κ1) is 23.6. The zero-order valence-corrected chi connectivity index (χ0v) is 17.5. The molecule has 1 aromatic carbocycles. The molecule has 4 nitrogen and oxygen atoms in total. The molecule has 0 aromatic heterocycles. The Balaban J connectivity index is 2.39. The molecule has 0 spiro atoms. The highest BCUT2D eigenvalue weighted by Gasteiger charge is 2.05. The average molecular weight is 381 g/mol. The third kappa shape index (κ3) is 11.3. The number of rotatable bonds is 11. The van der Waals surface area contributed by atoms with Gasteiger partial charge in [-0.05, 0) is 31.0 Å². The maximum Gasteiger partial charge on any atom is 0.118 e. The van der Waals surface area contributed by atoms with Crippen molar-refractivity contribution in [1.82, 2.24) is 4.90 Å². The minimum atomic E-state index is 0.0948. The molecular formula is C24H32N2O2. The lowest BCUT2D eigenvalue weighted by atomic mass is 10.2. The van der Waals surface area contributed by atoms with Crippen LogP contribution in [0, 0.1) is 35.0 Å². The van der Waals surface area contributed by atoms with Gasteiger partial charge >= 0.3 is 0 Å². The largest absolute Gasteiger partial charge is 0.497 e. The SMILES string of the molecule is CCCCC#CCC(C)OCC#CCN(CCC#N)Cc1ccc(OC)cc1. The second-order valence-corrected chi connectivity index (χ2v) is 6.60. The van der Waals surface area contributed by atoms with Gasteiger partial charge in [0, 0.05) is 32.4 Å². The fourth-order valence-corrected chi connectivity index (χ4v) is 2.44. The smallest absolute Gasteiger partial charge is 0.118 e. The number of hydrogen-bond acceptors (Lipinski definition) is 4. The monoisotopic (exact) mass is 380 g/mol. The van der Waals surface area contributed by atoms with Crippen LogP contribution in [0.2, 0.25) is 0 Å². The normalized spacial score (nSPS) is 11.0. The predicted octanol–water partition coefficient (Wildman–Crippen LogP) is 4.40. The molecule has 0 aliphatic carbocycles. The number of unbranched alkanes of at least 4 members (excludes halogenated alkanes) is 2. The fourth-order valence-electron chi connectivity index (χ4n) is 2.44. The molecule has 1 rings (SSSR count). The minimum Gasteiger partial charge on any atom is -0.497 e. The van der Waals surface area contributed by atoms with Crippen molar-refractivity contribution in [2.75, 3.05) is 26.8 Å². The second-order valence-electron chi connectivity index (χ2n) is 6.60. The van der Waals surface area contributed by atoms with Crippen LogP contribution in [-0.4, -0.2) is 37.8 Å². The van der Waals surface area contributed by atoms with Gasteiger partial charge in [0.1, 0.15) is 12.4 Å². The van der Waals surface area contributed by atoms with Gasteiger partial charge in [-0.2, -0.15) is 5.26 Å². The zero-order valence-electron chi connectivity index (χ0n) is 17.5. The number of hydrogen-bond donors (Lipinski definition) is 0. The van der Waals surface area contributed by atoms with Gasteiger partial charge < -0.3 is 9.47 Å². The Hall–Kier alpha value is -2.45. The van der Waals surface area contributed by atoms with E-state index in [9.17, 15) is 0 Å². The molecule has 28 heavy (non-hydrogen) atoms. The quantitative estimate of drug-likeness (QED) is 0.422. The maximum atomic E-state index is 8.88. The Bertz CT molecular complexity index is 699. The molecule has 0 aliphatic heterocycles. The molecule has 4 heteroatoms. The summed E-state index contributed by atoms with van der Waals surface area (Å²) < 4.78 is 10.9. The molecule has 0 N–H and O–H groups in total. The van der Waals surface area contributed by atoms with Crippen LogP contribution in [0.25, 0.3) is 0 Å². The molecule has 1 atom stereocenters. The van der Waals surface area contributed by atoms with E-state index in [1.807, 2.05) is 31.2 Å². The summed E-state index contributed by atoms with van der Waals surface area (Å²) in [5.41, 5.74) is 1.17. The maximum absolute atomic E-state index is 8.88. The lowest BCUT2D eigenvalue weighted by molar-refractivity contribution is 0.0961. The van der Waals surface area contributed by atoms with Gasteiger partial charge in [0.05, 0.1) is 25.8 Å². The first-order chi connectivity index (χ1) is 13.7. The van der Waals surface area contributed by atoms with Crippen LogP contribution in [0.1, 0.15) is 51.5 Å². The molecule has 0 saturated heterocycles. The summed E-state index contributed by atoms with van der Waals surface area (Å²) in [5.74, 6) is 13.4. The zero-order chi connectivity index (χ0) is 20.5. The number of nitriles is 1. The Morgan fingerprint density at radius 2 is 1.86 bits per heavy atom. The summed E-state index contributed by atoms with van der Waals surface area (Å²) >= 11 is 0. The van der Waals surface area contributed by atoms with Crippen molar-refractivity contribution in [3.05, 3.63) is 29.8 Å². The molecule has 150 valence electrons. The van der Waals surface area contributed by atoms with E-state index in [1.165, 1.54) is 12.0 Å². The van der Waals surface area contributed by atoms with E-state index < -0.39 is 0 Å². The van der Waals surface area contributed by atoms with Gasteiger partial charge in [-0.15, -0.1) is 11.8 Å². The van der Waals surface area contributed by atoms with Crippen LogP contribution in [0.15, 0.2) is 24.3 Å². The van der Waals surface area contributed by atoms with Crippen LogP contribution >= 0.6 is 0 Å². The molecule has 0 bridgehead atoms. The van der Waals surface area contributed by atoms with E-state index in [-0.39, 0.29) is 6.10 Å². The summed E-state index contributed by atoms with van der Waals surface area (Å²) in [4.78, 5) is 2.17. The van der Waals surface area contributed by atoms with Gasteiger partial charge in [0.2, 0.25) is 0 Å². The van der Waals surface area contributed by atoms with E-state index in [2.05, 4.69) is 41.6 Å². The average Bonchev–Trinajstić information content (AvgIpc) is 2.71. The second kappa shape index (κ2) is 15.6. The van der Waals surface area contributed by atoms with Crippen LogP contribution in [0.4, 0.5) is 0 Å². The number of nitrogens with zero attached hydrogens (tertiary/aromatic N) is 2. The molecular weight excluding hydrogens is 348 g/mol. The van der Waals surface area contributed by atoms with Gasteiger partial charge in [-0.25, -0.2) is 0 Å². The third-order valence-corrected chi connectivity index (χ3v) is 4.14. The van der Waals surface area contributed by atoms with Crippen molar-refractivity contribution in [3.63, 3.8) is 0 Å². The lowest BCUT2D eigenvalue weighted by Crippen LogP contribution is -2.24. The molecule has 0 fully saturated rings. The van der Waals surface area contributed by atoms with Crippen LogP contribution in [0.5, 0.6) is 5.75 Å². The topological polar surface area (TPSA) is 45.5 Å². The fraction of sp³-hybridized carbons (Fsp3) is 0.542. The Labute approximate surface area is 170 Å². The van der Waals surface area contributed by atoms with Crippen molar-refractivity contribution in [2.45, 2.75) is 58.6 Å². The minimum absolute atomic E-state index is 0.0948. The molecule has 1 aromatic rings. The van der Waals surface area contributed by atoms with Gasteiger partial charge in [-0.3, -0.25) is 4.90 Å². The number of methoxy groups -OCH3 is 1. The van der Waals surface area contributed by atoms with Crippen molar-refractivity contribution in [3.8, 4) is 35.5 Å². The molecule has 0 saturated carbocycles. The van der Waals surface area contributed by atoms with Gasteiger partial charge in [-0.1, -0.05) is 37.3 Å². The molecule has 0 amide bonds. The molecule has 0 aliphatic rings. The third-order valence-electron chi connectivity index (χ3n) is 4.14. The standard InChI is InChI=1S/C24H32N2O2/c1-4-5-6-7-8-12-22(2)28-20-10-9-18-26(19-11-17-25)21-23-13-15-24(27-3)16-14-23/h13-16,22H,4-6,11-12,18-21H2,1-3H3. The Kier molecular flexibility index (Phi) is 13.1. The number of benzene rings is 1. The van der Waals surface area contributed by atoms with Gasteiger partial charge in [0.15, 0.2) is 0 Å².